The van der Waals surface area contributed by atoms with Gasteiger partial charge in [0.15, 0.2) is 5.58 Å². The highest BCUT2D eigenvalue weighted by Gasteiger charge is 2.21. The number of benzene rings is 1. The van der Waals surface area contributed by atoms with Crippen molar-refractivity contribution in [2.24, 2.45) is 7.05 Å². The lowest BCUT2D eigenvalue weighted by Crippen LogP contribution is -2.24. The fourth-order valence-electron chi connectivity index (χ4n) is 2.37. The summed E-state index contributed by atoms with van der Waals surface area (Å²) in [5.41, 5.74) is 0.723. The Morgan fingerprint density at radius 1 is 1.45 bits per heavy atom. The first-order chi connectivity index (χ1) is 9.70. The molecule has 1 N–H and O–H groups in total. The zero-order valence-corrected chi connectivity index (χ0v) is 12.2. The number of aryl methyl sites for hydroxylation is 1. The summed E-state index contributed by atoms with van der Waals surface area (Å²) >= 11 is 6.17. The lowest BCUT2D eigenvalue weighted by molar-refractivity contribution is 0.457. The van der Waals surface area contributed by atoms with Crippen molar-refractivity contribution in [3.05, 3.63) is 53.3 Å². The molecule has 0 bridgehead atoms. The molecule has 0 aliphatic carbocycles. The number of hydrogen-bond donors (Lipinski definition) is 1. The third-order valence-corrected chi connectivity index (χ3v) is 3.62. The summed E-state index contributed by atoms with van der Waals surface area (Å²) in [4.78, 5) is 4.41. The second-order valence-electron chi connectivity index (χ2n) is 4.69. The largest absolute Gasteiger partial charge is 0.457 e. The molecule has 0 spiro atoms. The Hall–Kier alpha value is -1.78. The van der Waals surface area contributed by atoms with Gasteiger partial charge in [0.1, 0.15) is 17.6 Å². The molecular weight excluding hydrogens is 274 g/mol. The van der Waals surface area contributed by atoms with Crippen LogP contribution in [0, 0.1) is 0 Å². The van der Waals surface area contributed by atoms with Gasteiger partial charge in [-0.25, -0.2) is 4.98 Å². The molecule has 0 saturated carbocycles. The molecular formula is C15H16ClN3O. The molecule has 3 rings (SSSR count). The minimum Gasteiger partial charge on any atom is -0.457 e. The summed E-state index contributed by atoms with van der Waals surface area (Å²) in [6.07, 6.45) is 3.71. The molecule has 4 nitrogen and oxygen atoms in total. The van der Waals surface area contributed by atoms with E-state index < -0.39 is 0 Å². The van der Waals surface area contributed by atoms with Crippen LogP contribution in [-0.4, -0.2) is 16.1 Å². The van der Waals surface area contributed by atoms with Crippen LogP contribution in [0.2, 0.25) is 5.02 Å². The molecule has 0 saturated heterocycles. The number of rotatable bonds is 4. The molecule has 2 heterocycles. The Labute approximate surface area is 122 Å². The van der Waals surface area contributed by atoms with Crippen LogP contribution in [0.3, 0.4) is 0 Å². The highest BCUT2D eigenvalue weighted by atomic mass is 35.5. The zero-order chi connectivity index (χ0) is 14.1. The van der Waals surface area contributed by atoms with Crippen molar-refractivity contribution in [2.75, 3.05) is 6.54 Å². The van der Waals surface area contributed by atoms with E-state index in [1.165, 1.54) is 0 Å². The van der Waals surface area contributed by atoms with Crippen molar-refractivity contribution in [3.8, 4) is 0 Å². The molecule has 1 atom stereocenters. The number of imidazole rings is 1. The summed E-state index contributed by atoms with van der Waals surface area (Å²) in [5.74, 6) is 1.74. The number of aromatic nitrogens is 2. The second kappa shape index (κ2) is 5.31. The van der Waals surface area contributed by atoms with Crippen LogP contribution >= 0.6 is 11.6 Å². The number of fused-ring (bicyclic) bond motifs is 1. The highest BCUT2D eigenvalue weighted by Crippen LogP contribution is 2.31. The normalized spacial score (nSPS) is 12.9. The van der Waals surface area contributed by atoms with Crippen molar-refractivity contribution >= 4 is 22.6 Å². The fourth-order valence-corrected chi connectivity index (χ4v) is 2.59. The maximum absolute atomic E-state index is 6.17. The van der Waals surface area contributed by atoms with Gasteiger partial charge in [0, 0.05) is 24.8 Å². The molecule has 0 fully saturated rings. The first-order valence-electron chi connectivity index (χ1n) is 6.59. The van der Waals surface area contributed by atoms with E-state index in [0.717, 1.165) is 29.1 Å². The summed E-state index contributed by atoms with van der Waals surface area (Å²) in [6, 6.07) is 7.69. The molecule has 1 unspecified atom stereocenters. The van der Waals surface area contributed by atoms with Gasteiger partial charge in [-0.15, -0.1) is 0 Å². The van der Waals surface area contributed by atoms with Crippen molar-refractivity contribution in [1.82, 2.24) is 14.9 Å². The number of nitrogens with one attached hydrogen (secondary N) is 1. The van der Waals surface area contributed by atoms with Crippen LogP contribution in [-0.2, 0) is 7.05 Å². The van der Waals surface area contributed by atoms with Crippen molar-refractivity contribution < 1.29 is 4.42 Å². The monoisotopic (exact) mass is 289 g/mol. The second-order valence-corrected chi connectivity index (χ2v) is 5.10. The van der Waals surface area contributed by atoms with E-state index >= 15 is 0 Å². The van der Waals surface area contributed by atoms with Crippen LogP contribution in [0.1, 0.15) is 24.6 Å². The van der Waals surface area contributed by atoms with Gasteiger partial charge in [0.05, 0.1) is 5.02 Å². The van der Waals surface area contributed by atoms with Gasteiger partial charge < -0.3 is 14.3 Å². The Balaban J connectivity index is 2.10. The number of para-hydroxylation sites is 1. The molecule has 1 aromatic carbocycles. The summed E-state index contributed by atoms with van der Waals surface area (Å²) < 4.78 is 7.93. The van der Waals surface area contributed by atoms with E-state index in [-0.39, 0.29) is 6.04 Å². The van der Waals surface area contributed by atoms with Gasteiger partial charge in [-0.05, 0) is 18.7 Å². The van der Waals surface area contributed by atoms with Crippen LogP contribution in [0.25, 0.3) is 11.0 Å². The molecule has 0 aliphatic heterocycles. The molecule has 2 aromatic heterocycles. The van der Waals surface area contributed by atoms with Crippen LogP contribution < -0.4 is 5.32 Å². The predicted molar refractivity (Wildman–Crippen MR) is 80.0 cm³/mol. The van der Waals surface area contributed by atoms with Crippen molar-refractivity contribution in [2.45, 2.75) is 13.0 Å². The van der Waals surface area contributed by atoms with Crippen LogP contribution in [0.5, 0.6) is 0 Å². The third kappa shape index (κ3) is 2.21. The average Bonchev–Trinajstić information content (AvgIpc) is 3.03. The van der Waals surface area contributed by atoms with E-state index in [4.69, 9.17) is 16.0 Å². The summed E-state index contributed by atoms with van der Waals surface area (Å²) in [5, 5.41) is 5.04. The lowest BCUT2D eigenvalue weighted by Gasteiger charge is -2.15. The first kappa shape index (κ1) is 13.2. The molecule has 5 heteroatoms. The Morgan fingerprint density at radius 3 is 2.95 bits per heavy atom. The van der Waals surface area contributed by atoms with Crippen molar-refractivity contribution in [3.63, 3.8) is 0 Å². The van der Waals surface area contributed by atoms with E-state index in [2.05, 4.69) is 17.2 Å². The van der Waals surface area contributed by atoms with E-state index in [1.807, 2.05) is 42.1 Å². The zero-order valence-electron chi connectivity index (χ0n) is 11.4. The summed E-state index contributed by atoms with van der Waals surface area (Å²) in [6.45, 7) is 2.88. The van der Waals surface area contributed by atoms with Gasteiger partial charge in [0.25, 0.3) is 0 Å². The van der Waals surface area contributed by atoms with Crippen molar-refractivity contribution in [1.29, 1.82) is 0 Å². The minimum atomic E-state index is -0.0801. The summed E-state index contributed by atoms with van der Waals surface area (Å²) in [7, 11) is 1.97. The average molecular weight is 290 g/mol. The maximum Gasteiger partial charge on any atom is 0.152 e. The molecule has 3 aromatic rings. The van der Waals surface area contributed by atoms with E-state index in [1.54, 1.807) is 6.20 Å². The van der Waals surface area contributed by atoms with Gasteiger partial charge >= 0.3 is 0 Å². The molecule has 20 heavy (non-hydrogen) atoms. The fraction of sp³-hybridized carbons (Fsp3) is 0.267. The SMILES string of the molecule is CCNC(c1cc2cccc(Cl)c2o1)c1nccn1C. The van der Waals surface area contributed by atoms with Crippen LogP contribution in [0.15, 0.2) is 41.1 Å². The van der Waals surface area contributed by atoms with E-state index in [9.17, 15) is 0 Å². The Kier molecular flexibility index (Phi) is 3.51. The quantitative estimate of drug-likeness (QED) is 0.799. The number of furan rings is 1. The minimum absolute atomic E-state index is 0.0801. The van der Waals surface area contributed by atoms with Gasteiger partial charge in [-0.2, -0.15) is 0 Å². The number of nitrogens with zero attached hydrogens (tertiary/aromatic N) is 2. The predicted octanol–water partition coefficient (Wildman–Crippen LogP) is 3.52. The Morgan fingerprint density at radius 2 is 2.30 bits per heavy atom. The lowest BCUT2D eigenvalue weighted by atomic mass is 10.2. The van der Waals surface area contributed by atoms with E-state index in [0.29, 0.717) is 5.02 Å². The maximum atomic E-state index is 6.17. The smallest absolute Gasteiger partial charge is 0.152 e. The molecule has 0 radical (unpaired) electrons. The third-order valence-electron chi connectivity index (χ3n) is 3.32. The highest BCUT2D eigenvalue weighted by molar-refractivity contribution is 6.34. The van der Waals surface area contributed by atoms with Gasteiger partial charge in [0.2, 0.25) is 0 Å². The number of halogens is 1. The number of hydrogen-bond acceptors (Lipinski definition) is 3. The molecule has 0 amide bonds. The van der Waals surface area contributed by atoms with Gasteiger partial charge in [-0.1, -0.05) is 30.7 Å². The first-order valence-corrected chi connectivity index (χ1v) is 6.97. The van der Waals surface area contributed by atoms with Gasteiger partial charge in [-0.3, -0.25) is 0 Å². The standard InChI is InChI=1S/C15H16ClN3O/c1-3-17-13(15-18-7-8-19(15)2)12-9-10-5-4-6-11(16)14(10)20-12/h4-9,13,17H,3H2,1-2H3. The molecule has 0 aliphatic rings. The Bertz CT molecular complexity index is 732. The van der Waals surface area contributed by atoms with Crippen LogP contribution in [0.4, 0.5) is 0 Å². The topological polar surface area (TPSA) is 43.0 Å². The molecule has 104 valence electrons.